The highest BCUT2D eigenvalue weighted by molar-refractivity contribution is 7.91. The number of rotatable bonds is 5. The molecular weight excluding hydrogens is 334 g/mol. The topological polar surface area (TPSA) is 62.7 Å². The maximum atomic E-state index is 12.7. The van der Waals surface area contributed by atoms with E-state index in [0.717, 1.165) is 30.8 Å². The third-order valence-corrected chi connectivity index (χ3v) is 7.21. The van der Waals surface area contributed by atoms with Gasteiger partial charge in [-0.2, -0.15) is 4.31 Å². The predicted molar refractivity (Wildman–Crippen MR) is 83.6 cm³/mol. The van der Waals surface area contributed by atoms with Crippen molar-refractivity contribution < 1.29 is 13.2 Å². The molecule has 0 N–H and O–H groups in total. The molecule has 21 heavy (non-hydrogen) atoms. The summed E-state index contributed by atoms with van der Waals surface area (Å²) in [6.07, 6.45) is 0.814. The van der Waals surface area contributed by atoms with Gasteiger partial charge < -0.3 is 4.74 Å². The molecule has 1 aromatic rings. The second-order valence-corrected chi connectivity index (χ2v) is 8.65. The maximum absolute atomic E-state index is 12.7. The molecule has 1 fully saturated rings. The quantitative estimate of drug-likeness (QED) is 0.801. The molecule has 0 aliphatic carbocycles. The second kappa shape index (κ2) is 7.34. The Kier molecular flexibility index (Phi) is 5.98. The van der Waals surface area contributed by atoms with E-state index in [1.807, 2.05) is 0 Å². The van der Waals surface area contributed by atoms with Crippen molar-refractivity contribution in [3.8, 4) is 0 Å². The van der Waals surface area contributed by atoms with Crippen LogP contribution in [0.4, 0.5) is 0 Å². The Hall–Kier alpha value is -0.250. The van der Waals surface area contributed by atoms with Crippen molar-refractivity contribution in [3.05, 3.63) is 10.2 Å². The lowest BCUT2D eigenvalue weighted by Crippen LogP contribution is -2.36. The first-order valence-electron chi connectivity index (χ1n) is 6.79. The molecule has 0 radical (unpaired) electrons. The van der Waals surface area contributed by atoms with E-state index in [9.17, 15) is 8.42 Å². The number of methoxy groups -OCH3 is 1. The lowest BCUT2D eigenvalue weighted by atomic mass is 10.4. The number of hydrogen-bond acceptors (Lipinski definition) is 6. The molecular formula is C12H20ClN3O3S2. The van der Waals surface area contributed by atoms with E-state index < -0.39 is 10.0 Å². The van der Waals surface area contributed by atoms with Crippen LogP contribution in [0.3, 0.4) is 0 Å². The molecule has 0 bridgehead atoms. The normalized spacial score (nSPS) is 18.8. The number of ether oxygens (including phenoxy) is 1. The van der Waals surface area contributed by atoms with Crippen molar-refractivity contribution in [2.75, 3.05) is 46.4 Å². The van der Waals surface area contributed by atoms with Crippen LogP contribution in [0.15, 0.2) is 4.21 Å². The van der Waals surface area contributed by atoms with Crippen LogP contribution in [0.5, 0.6) is 0 Å². The molecule has 2 heterocycles. The molecule has 1 aliphatic rings. The van der Waals surface area contributed by atoms with Crippen LogP contribution in [0.25, 0.3) is 0 Å². The first kappa shape index (κ1) is 17.1. The lowest BCUT2D eigenvalue weighted by molar-refractivity contribution is 0.151. The Balaban J connectivity index is 2.09. The van der Waals surface area contributed by atoms with Gasteiger partial charge in [0.15, 0.2) is 8.68 Å². The maximum Gasteiger partial charge on any atom is 0.254 e. The summed E-state index contributed by atoms with van der Waals surface area (Å²) < 4.78 is 32.5. The smallest absolute Gasteiger partial charge is 0.254 e. The molecule has 2 rings (SSSR count). The van der Waals surface area contributed by atoms with Gasteiger partial charge in [0, 0.05) is 33.3 Å². The molecule has 1 aromatic heterocycles. The zero-order valence-electron chi connectivity index (χ0n) is 12.2. The monoisotopic (exact) mass is 353 g/mol. The number of halogens is 1. The molecule has 1 saturated heterocycles. The standard InChI is InChI=1S/C12H20ClN3O3S2/c1-10-11(20-12(13)14-10)21(17,18)16-5-3-4-15(6-7-16)8-9-19-2/h3-9H2,1-2H3. The zero-order valence-corrected chi connectivity index (χ0v) is 14.6. The van der Waals surface area contributed by atoms with E-state index in [0.29, 0.717) is 31.9 Å². The second-order valence-electron chi connectivity index (χ2n) is 4.93. The molecule has 1 aliphatic heterocycles. The van der Waals surface area contributed by atoms with Crippen molar-refractivity contribution in [3.63, 3.8) is 0 Å². The van der Waals surface area contributed by atoms with Gasteiger partial charge in [0.2, 0.25) is 0 Å². The minimum Gasteiger partial charge on any atom is -0.383 e. The minimum absolute atomic E-state index is 0.262. The van der Waals surface area contributed by atoms with E-state index in [1.165, 1.54) is 4.31 Å². The average molecular weight is 354 g/mol. The van der Waals surface area contributed by atoms with Crippen LogP contribution < -0.4 is 0 Å². The highest BCUT2D eigenvalue weighted by atomic mass is 35.5. The van der Waals surface area contributed by atoms with E-state index in [-0.39, 0.29) is 8.68 Å². The van der Waals surface area contributed by atoms with Gasteiger partial charge in [-0.05, 0) is 19.9 Å². The number of hydrogen-bond donors (Lipinski definition) is 0. The highest BCUT2D eigenvalue weighted by Gasteiger charge is 2.30. The summed E-state index contributed by atoms with van der Waals surface area (Å²) >= 11 is 6.85. The predicted octanol–water partition coefficient (Wildman–Crippen LogP) is 1.45. The third-order valence-electron chi connectivity index (χ3n) is 3.46. The summed E-state index contributed by atoms with van der Waals surface area (Å²) in [6.45, 7) is 5.79. The first-order valence-corrected chi connectivity index (χ1v) is 9.43. The molecule has 0 spiro atoms. The molecule has 6 nitrogen and oxygen atoms in total. The number of nitrogens with zero attached hydrogens (tertiary/aromatic N) is 3. The number of sulfonamides is 1. The van der Waals surface area contributed by atoms with Crippen LogP contribution in [0.1, 0.15) is 12.1 Å². The fraction of sp³-hybridized carbons (Fsp3) is 0.750. The summed E-state index contributed by atoms with van der Waals surface area (Å²) in [5, 5.41) is 0. The number of aromatic nitrogens is 1. The summed E-state index contributed by atoms with van der Waals surface area (Å²) in [5.74, 6) is 0. The Morgan fingerprint density at radius 1 is 1.33 bits per heavy atom. The SMILES string of the molecule is COCCN1CCCN(S(=O)(=O)c2sc(Cl)nc2C)CC1. The summed E-state index contributed by atoms with van der Waals surface area (Å²) in [6, 6.07) is 0. The van der Waals surface area contributed by atoms with Crippen LogP contribution in [0, 0.1) is 6.92 Å². The van der Waals surface area contributed by atoms with Crippen molar-refractivity contribution in [1.82, 2.24) is 14.2 Å². The Bertz CT molecular complexity index is 576. The average Bonchev–Trinajstić information content (AvgIpc) is 2.65. The minimum atomic E-state index is -3.49. The van der Waals surface area contributed by atoms with Crippen molar-refractivity contribution in [2.45, 2.75) is 17.6 Å². The van der Waals surface area contributed by atoms with Crippen LogP contribution in [0.2, 0.25) is 4.47 Å². The van der Waals surface area contributed by atoms with E-state index in [4.69, 9.17) is 16.3 Å². The van der Waals surface area contributed by atoms with E-state index >= 15 is 0 Å². The summed E-state index contributed by atoms with van der Waals surface area (Å²) in [7, 11) is -1.82. The highest BCUT2D eigenvalue weighted by Crippen LogP contribution is 2.29. The van der Waals surface area contributed by atoms with Gasteiger partial charge in [0.25, 0.3) is 10.0 Å². The molecule has 0 aromatic carbocycles. The largest absolute Gasteiger partial charge is 0.383 e. The molecule has 120 valence electrons. The molecule has 0 atom stereocenters. The van der Waals surface area contributed by atoms with Gasteiger partial charge in [-0.1, -0.05) is 22.9 Å². The molecule has 0 saturated carbocycles. The zero-order chi connectivity index (χ0) is 15.5. The number of thiazole rings is 1. The van der Waals surface area contributed by atoms with E-state index in [2.05, 4.69) is 9.88 Å². The van der Waals surface area contributed by atoms with Crippen molar-refractivity contribution >= 4 is 33.0 Å². The molecule has 9 heteroatoms. The first-order chi connectivity index (χ1) is 9.95. The fourth-order valence-corrected chi connectivity index (χ4v) is 5.68. The number of aryl methyl sites for hydroxylation is 1. The van der Waals surface area contributed by atoms with Crippen LogP contribution in [-0.4, -0.2) is 69.0 Å². The summed E-state index contributed by atoms with van der Waals surface area (Å²) in [4.78, 5) is 6.23. The lowest BCUT2D eigenvalue weighted by Gasteiger charge is -2.21. The van der Waals surface area contributed by atoms with Crippen LogP contribution >= 0.6 is 22.9 Å². The molecule has 0 unspecified atom stereocenters. The Morgan fingerprint density at radius 3 is 2.71 bits per heavy atom. The Labute approximate surface area is 134 Å². The van der Waals surface area contributed by atoms with Gasteiger partial charge >= 0.3 is 0 Å². The van der Waals surface area contributed by atoms with Crippen molar-refractivity contribution in [2.24, 2.45) is 0 Å². The van der Waals surface area contributed by atoms with Gasteiger partial charge in [-0.15, -0.1) is 0 Å². The van der Waals surface area contributed by atoms with E-state index in [1.54, 1.807) is 14.0 Å². The van der Waals surface area contributed by atoms with Crippen molar-refractivity contribution in [1.29, 1.82) is 0 Å². The Morgan fingerprint density at radius 2 is 2.10 bits per heavy atom. The van der Waals surface area contributed by atoms with Crippen LogP contribution in [-0.2, 0) is 14.8 Å². The van der Waals surface area contributed by atoms with Gasteiger partial charge in [0.05, 0.1) is 12.3 Å². The fourth-order valence-electron chi connectivity index (χ4n) is 2.34. The van der Waals surface area contributed by atoms with Gasteiger partial charge in [0.1, 0.15) is 0 Å². The van der Waals surface area contributed by atoms with Gasteiger partial charge in [-0.25, -0.2) is 13.4 Å². The molecule has 0 amide bonds. The van der Waals surface area contributed by atoms with Gasteiger partial charge in [-0.3, -0.25) is 4.90 Å². The summed E-state index contributed by atoms with van der Waals surface area (Å²) in [5.41, 5.74) is 0.477. The third kappa shape index (κ3) is 4.14.